The highest BCUT2D eigenvalue weighted by molar-refractivity contribution is 7.93. The van der Waals surface area contributed by atoms with Gasteiger partial charge >= 0.3 is 12.1 Å². The Bertz CT molecular complexity index is 1070. The number of aromatic nitrogens is 3. The molecule has 1 unspecified atom stereocenters. The molecular weight excluding hydrogens is 385 g/mol. The van der Waals surface area contributed by atoms with Crippen molar-refractivity contribution in [3.05, 3.63) is 48.5 Å². The molecule has 3 aromatic rings. The van der Waals surface area contributed by atoms with Gasteiger partial charge in [0.1, 0.15) is 10.8 Å². The Balaban J connectivity index is 2.02. The molecule has 0 bridgehead atoms. The number of nitrogens with zero attached hydrogens (tertiary/aromatic N) is 4. The first kappa shape index (κ1) is 18.8. The van der Waals surface area contributed by atoms with Crippen LogP contribution in [0.3, 0.4) is 0 Å². The fourth-order valence-electron chi connectivity index (χ4n) is 2.19. The van der Waals surface area contributed by atoms with E-state index in [9.17, 15) is 17.4 Å². The smallest absolute Gasteiger partial charge is 0.471 e. The van der Waals surface area contributed by atoms with Gasteiger partial charge in [-0.3, -0.25) is 0 Å². The van der Waals surface area contributed by atoms with Crippen LogP contribution in [-0.4, -0.2) is 32.7 Å². The lowest BCUT2D eigenvalue weighted by molar-refractivity contribution is -0.159. The predicted octanol–water partition coefficient (Wildman–Crippen LogP) is 3.95. The van der Waals surface area contributed by atoms with Crippen LogP contribution in [-0.2, 0) is 15.9 Å². The second kappa shape index (κ2) is 6.99. The van der Waals surface area contributed by atoms with Gasteiger partial charge in [0.25, 0.3) is 0 Å². The molecule has 0 amide bonds. The van der Waals surface area contributed by atoms with Crippen LogP contribution in [0.2, 0.25) is 0 Å². The second-order valence-electron chi connectivity index (χ2n) is 5.37. The van der Waals surface area contributed by atoms with Crippen LogP contribution in [0.5, 0.6) is 5.75 Å². The highest BCUT2D eigenvalue weighted by Crippen LogP contribution is 2.35. The zero-order valence-corrected chi connectivity index (χ0v) is 14.9. The van der Waals surface area contributed by atoms with Crippen molar-refractivity contribution in [3.63, 3.8) is 0 Å². The number of methoxy groups -OCH3 is 1. The van der Waals surface area contributed by atoms with Crippen molar-refractivity contribution in [2.75, 3.05) is 13.4 Å². The van der Waals surface area contributed by atoms with Gasteiger partial charge < -0.3 is 9.26 Å². The number of rotatable bonds is 4. The minimum Gasteiger partial charge on any atom is -0.496 e. The molecule has 0 aliphatic carbocycles. The third-order valence-electron chi connectivity index (χ3n) is 3.40. The maximum atomic E-state index is 12.8. The monoisotopic (exact) mass is 398 g/mol. The van der Waals surface area contributed by atoms with Crippen molar-refractivity contribution in [2.45, 2.75) is 11.2 Å². The fourth-order valence-corrected chi connectivity index (χ4v) is 3.39. The van der Waals surface area contributed by atoms with Crippen LogP contribution in [0.25, 0.3) is 11.4 Å². The van der Waals surface area contributed by atoms with Crippen molar-refractivity contribution in [2.24, 2.45) is 4.36 Å². The lowest BCUT2D eigenvalue weighted by atomic mass is 10.1. The maximum Gasteiger partial charge on any atom is 0.471 e. The minimum atomic E-state index is -4.75. The molecule has 0 saturated carbocycles. The van der Waals surface area contributed by atoms with Crippen LogP contribution < -0.4 is 4.74 Å². The maximum absolute atomic E-state index is 12.8. The molecule has 0 N–H and O–H groups in total. The van der Waals surface area contributed by atoms with Crippen molar-refractivity contribution in [1.29, 1.82) is 0 Å². The summed E-state index contributed by atoms with van der Waals surface area (Å²) in [5.74, 6) is -1.59. The van der Waals surface area contributed by atoms with E-state index in [4.69, 9.17) is 4.74 Å². The minimum absolute atomic E-state index is 0.155. The molecule has 0 saturated heterocycles. The predicted molar refractivity (Wildman–Crippen MR) is 89.9 cm³/mol. The first-order chi connectivity index (χ1) is 12.7. The van der Waals surface area contributed by atoms with E-state index >= 15 is 0 Å². The third kappa shape index (κ3) is 4.08. The van der Waals surface area contributed by atoms with Crippen molar-refractivity contribution < 1.29 is 26.6 Å². The Hall–Kier alpha value is -2.95. The summed E-state index contributed by atoms with van der Waals surface area (Å²) in [7, 11) is -1.49. The van der Waals surface area contributed by atoms with Crippen LogP contribution in [0, 0.1) is 0 Å². The van der Waals surface area contributed by atoms with E-state index in [0.717, 1.165) is 0 Å². The number of hydrogen-bond donors (Lipinski definition) is 0. The quantitative estimate of drug-likeness (QED) is 0.661. The van der Waals surface area contributed by atoms with Gasteiger partial charge in [0.2, 0.25) is 5.82 Å². The molecule has 7 nitrogen and oxygen atoms in total. The number of alkyl halides is 3. The molecule has 0 aliphatic heterocycles. The SMILES string of the molecule is COc1cc(N=S(C)(=O)c2ccccn2)ccc1-c1noc(C(F)(F)F)n1. The summed E-state index contributed by atoms with van der Waals surface area (Å²) in [6.45, 7) is 0. The van der Waals surface area contributed by atoms with Crippen LogP contribution in [0.15, 0.2) is 56.5 Å². The Morgan fingerprint density at radius 1 is 1.22 bits per heavy atom. The summed E-state index contributed by atoms with van der Waals surface area (Å²) < 4.78 is 64.3. The highest BCUT2D eigenvalue weighted by atomic mass is 32.2. The van der Waals surface area contributed by atoms with Crippen LogP contribution >= 0.6 is 0 Å². The summed E-state index contributed by atoms with van der Waals surface area (Å²) in [5.41, 5.74) is 0.476. The van der Waals surface area contributed by atoms with Crippen molar-refractivity contribution >= 4 is 15.4 Å². The Morgan fingerprint density at radius 2 is 2.00 bits per heavy atom. The molecule has 142 valence electrons. The normalized spacial score (nSPS) is 13.8. The van der Waals surface area contributed by atoms with E-state index in [2.05, 4.69) is 24.0 Å². The molecule has 0 aliphatic rings. The summed E-state index contributed by atoms with van der Waals surface area (Å²) in [6.07, 6.45) is -1.80. The van der Waals surface area contributed by atoms with E-state index in [1.807, 2.05) is 0 Å². The molecular formula is C16H13F3N4O3S. The standard InChI is InChI=1S/C16H13F3N4O3S/c1-25-12-9-10(23-27(2,24)13-5-3-4-8-20-13)6-7-11(12)14-21-15(26-22-14)16(17,18)19/h3-9H,1-2H3. The molecule has 0 radical (unpaired) electrons. The molecule has 1 atom stereocenters. The highest BCUT2D eigenvalue weighted by Gasteiger charge is 2.38. The Labute approximate surface area is 152 Å². The van der Waals surface area contributed by atoms with Gasteiger partial charge in [-0.1, -0.05) is 11.2 Å². The van der Waals surface area contributed by atoms with Crippen LogP contribution in [0.4, 0.5) is 18.9 Å². The molecule has 11 heteroatoms. The molecule has 27 heavy (non-hydrogen) atoms. The van der Waals surface area contributed by atoms with E-state index < -0.39 is 21.8 Å². The van der Waals surface area contributed by atoms with Crippen molar-refractivity contribution in [1.82, 2.24) is 15.1 Å². The largest absolute Gasteiger partial charge is 0.496 e. The fraction of sp³-hybridized carbons (Fsp3) is 0.188. The van der Waals surface area contributed by atoms with Gasteiger partial charge in [-0.15, -0.1) is 0 Å². The number of ether oxygens (including phenoxy) is 1. The molecule has 1 aromatic carbocycles. The van der Waals surface area contributed by atoms with E-state index in [1.54, 1.807) is 18.2 Å². The molecule has 3 rings (SSSR count). The van der Waals surface area contributed by atoms with Crippen LogP contribution in [0.1, 0.15) is 5.89 Å². The lowest BCUT2D eigenvalue weighted by Gasteiger charge is -2.07. The average Bonchev–Trinajstić information content (AvgIpc) is 3.12. The van der Waals surface area contributed by atoms with Gasteiger partial charge in [0, 0.05) is 18.5 Å². The summed E-state index contributed by atoms with van der Waals surface area (Å²) in [5, 5.41) is 3.64. The number of hydrogen-bond acceptors (Lipinski definition) is 7. The van der Waals surface area contributed by atoms with Gasteiger partial charge in [-0.25, -0.2) is 9.19 Å². The summed E-state index contributed by atoms with van der Waals surface area (Å²) >= 11 is 0. The van der Waals surface area contributed by atoms with Gasteiger partial charge in [-0.2, -0.15) is 22.5 Å². The van der Waals surface area contributed by atoms with E-state index in [1.165, 1.54) is 37.8 Å². The third-order valence-corrected chi connectivity index (χ3v) is 4.98. The number of pyridine rings is 1. The Morgan fingerprint density at radius 3 is 2.59 bits per heavy atom. The molecule has 0 spiro atoms. The zero-order valence-electron chi connectivity index (χ0n) is 14.1. The Kier molecular flexibility index (Phi) is 4.87. The first-order valence-electron chi connectivity index (χ1n) is 7.43. The summed E-state index contributed by atoms with van der Waals surface area (Å²) in [4.78, 5) is 7.37. The first-order valence-corrected chi connectivity index (χ1v) is 9.35. The lowest BCUT2D eigenvalue weighted by Crippen LogP contribution is -2.04. The van der Waals surface area contributed by atoms with E-state index in [-0.39, 0.29) is 17.1 Å². The summed E-state index contributed by atoms with van der Waals surface area (Å²) in [6, 6.07) is 9.28. The molecule has 0 fully saturated rings. The molecule has 2 heterocycles. The topological polar surface area (TPSA) is 90.5 Å². The number of halogens is 3. The van der Waals surface area contributed by atoms with Gasteiger partial charge in [-0.05, 0) is 24.3 Å². The average molecular weight is 398 g/mol. The second-order valence-corrected chi connectivity index (χ2v) is 7.57. The van der Waals surface area contributed by atoms with Gasteiger partial charge in [0.15, 0.2) is 0 Å². The number of benzene rings is 1. The zero-order chi connectivity index (χ0) is 19.7. The van der Waals surface area contributed by atoms with Crippen molar-refractivity contribution in [3.8, 4) is 17.1 Å². The molecule has 2 aromatic heterocycles. The van der Waals surface area contributed by atoms with E-state index in [0.29, 0.717) is 10.7 Å². The van der Waals surface area contributed by atoms with Gasteiger partial charge in [0.05, 0.1) is 28.1 Å².